The van der Waals surface area contributed by atoms with Gasteiger partial charge in [-0.15, -0.1) is 5.10 Å². The number of carbonyl (C=O) groups is 1. The van der Waals surface area contributed by atoms with Gasteiger partial charge in [-0.05, 0) is 17.7 Å². The number of amides is 1. The van der Waals surface area contributed by atoms with Crippen molar-refractivity contribution < 1.29 is 4.79 Å². The molecule has 32 heavy (non-hydrogen) atoms. The lowest BCUT2D eigenvalue weighted by Gasteiger charge is -2.34. The second-order valence-electron chi connectivity index (χ2n) is 7.93. The number of piperazine rings is 1. The van der Waals surface area contributed by atoms with Crippen LogP contribution in [-0.2, 0) is 6.54 Å². The molecule has 0 radical (unpaired) electrons. The molecule has 2 heterocycles. The number of aromatic nitrogens is 3. The molecule has 1 aliphatic rings. The molecular weight excluding hydrogens is 398 g/mol. The summed E-state index contributed by atoms with van der Waals surface area (Å²) in [5, 5.41) is 4.62. The van der Waals surface area contributed by atoms with Crippen molar-refractivity contribution in [3.63, 3.8) is 0 Å². The van der Waals surface area contributed by atoms with Crippen molar-refractivity contribution in [3.8, 4) is 17.1 Å². The average molecular weight is 424 g/mol. The lowest BCUT2D eigenvalue weighted by molar-refractivity contribution is 0.0616. The van der Waals surface area contributed by atoms with E-state index in [9.17, 15) is 4.79 Å². The van der Waals surface area contributed by atoms with Gasteiger partial charge in [-0.1, -0.05) is 78.9 Å². The van der Waals surface area contributed by atoms with Crippen molar-refractivity contribution in [2.45, 2.75) is 6.54 Å². The first-order valence-electron chi connectivity index (χ1n) is 10.9. The van der Waals surface area contributed by atoms with Gasteiger partial charge in [0.2, 0.25) is 5.82 Å². The Morgan fingerprint density at radius 2 is 1.34 bits per heavy atom. The quantitative estimate of drug-likeness (QED) is 0.489. The molecule has 1 saturated heterocycles. The molecule has 0 saturated carbocycles. The number of rotatable bonds is 5. The highest BCUT2D eigenvalue weighted by atomic mass is 16.2. The second-order valence-corrected chi connectivity index (χ2v) is 7.93. The minimum Gasteiger partial charge on any atom is -0.333 e. The first-order valence-corrected chi connectivity index (χ1v) is 10.9. The van der Waals surface area contributed by atoms with Gasteiger partial charge >= 0.3 is 0 Å². The molecule has 0 spiro atoms. The van der Waals surface area contributed by atoms with Crippen LogP contribution in [0.15, 0.2) is 91.0 Å². The number of para-hydroxylation sites is 1. The molecule has 1 aliphatic heterocycles. The van der Waals surface area contributed by atoms with Crippen molar-refractivity contribution in [2.24, 2.45) is 0 Å². The van der Waals surface area contributed by atoms with Crippen molar-refractivity contribution >= 4 is 5.91 Å². The van der Waals surface area contributed by atoms with E-state index in [-0.39, 0.29) is 11.7 Å². The van der Waals surface area contributed by atoms with E-state index in [0.29, 0.717) is 18.9 Å². The smallest absolute Gasteiger partial charge is 0.293 e. The van der Waals surface area contributed by atoms with E-state index in [4.69, 9.17) is 0 Å². The van der Waals surface area contributed by atoms with Crippen LogP contribution in [0.1, 0.15) is 16.2 Å². The van der Waals surface area contributed by atoms with Gasteiger partial charge in [0.15, 0.2) is 5.82 Å². The molecule has 1 aromatic heterocycles. The van der Waals surface area contributed by atoms with E-state index in [0.717, 1.165) is 30.9 Å². The fraction of sp³-hybridized carbons (Fsp3) is 0.192. The number of benzene rings is 3. The SMILES string of the molecule is O=C(c1nc(-c2ccccc2)n(-c2ccccc2)n1)N1CCN(Cc2ccccc2)CC1. The normalized spacial score (nSPS) is 14.4. The fourth-order valence-corrected chi connectivity index (χ4v) is 4.02. The lowest BCUT2D eigenvalue weighted by atomic mass is 10.2. The Labute approximate surface area is 187 Å². The number of hydrogen-bond donors (Lipinski definition) is 0. The van der Waals surface area contributed by atoms with E-state index in [2.05, 4.69) is 39.2 Å². The first-order chi connectivity index (χ1) is 15.8. The van der Waals surface area contributed by atoms with Crippen LogP contribution in [0.4, 0.5) is 0 Å². The molecule has 6 nitrogen and oxygen atoms in total. The van der Waals surface area contributed by atoms with E-state index in [1.54, 1.807) is 4.68 Å². The maximum atomic E-state index is 13.3. The molecule has 0 aliphatic carbocycles. The van der Waals surface area contributed by atoms with Gasteiger partial charge in [0.25, 0.3) is 5.91 Å². The number of hydrogen-bond acceptors (Lipinski definition) is 4. The van der Waals surface area contributed by atoms with Gasteiger partial charge < -0.3 is 4.90 Å². The predicted octanol–water partition coefficient (Wildman–Crippen LogP) is 3.89. The Kier molecular flexibility index (Phi) is 5.77. The maximum Gasteiger partial charge on any atom is 0.293 e. The Morgan fingerprint density at radius 1 is 0.750 bits per heavy atom. The maximum absolute atomic E-state index is 13.3. The van der Waals surface area contributed by atoms with Crippen LogP contribution in [0.3, 0.4) is 0 Å². The summed E-state index contributed by atoms with van der Waals surface area (Å²) in [7, 11) is 0. The van der Waals surface area contributed by atoms with Crippen LogP contribution in [0.25, 0.3) is 17.1 Å². The third kappa shape index (κ3) is 4.31. The summed E-state index contributed by atoms with van der Waals surface area (Å²) in [6.45, 7) is 3.93. The topological polar surface area (TPSA) is 54.3 Å². The molecule has 1 fully saturated rings. The molecule has 160 valence electrons. The number of nitrogens with zero attached hydrogens (tertiary/aromatic N) is 5. The predicted molar refractivity (Wildman–Crippen MR) is 124 cm³/mol. The van der Waals surface area contributed by atoms with Gasteiger partial charge in [0.05, 0.1) is 5.69 Å². The molecule has 5 rings (SSSR count). The summed E-state index contributed by atoms with van der Waals surface area (Å²) < 4.78 is 1.76. The van der Waals surface area contributed by atoms with Crippen molar-refractivity contribution in [1.29, 1.82) is 0 Å². The summed E-state index contributed by atoms with van der Waals surface area (Å²) in [4.78, 5) is 22.2. The molecule has 0 bridgehead atoms. The van der Waals surface area contributed by atoms with Gasteiger partial charge in [-0.2, -0.15) is 0 Å². The summed E-state index contributed by atoms with van der Waals surface area (Å²) in [6, 6.07) is 30.1. The third-order valence-corrected chi connectivity index (χ3v) is 5.74. The summed E-state index contributed by atoms with van der Waals surface area (Å²) in [5.74, 6) is 0.795. The summed E-state index contributed by atoms with van der Waals surface area (Å²) in [6.07, 6.45) is 0. The minimum atomic E-state index is -0.115. The summed E-state index contributed by atoms with van der Waals surface area (Å²) >= 11 is 0. The molecule has 0 unspecified atom stereocenters. The van der Waals surface area contributed by atoms with Crippen LogP contribution in [0.5, 0.6) is 0 Å². The summed E-state index contributed by atoms with van der Waals surface area (Å²) in [5.41, 5.74) is 3.10. The van der Waals surface area contributed by atoms with Crippen molar-refractivity contribution in [3.05, 3.63) is 102 Å². The average Bonchev–Trinajstić information content (AvgIpc) is 3.31. The Morgan fingerprint density at radius 3 is 2.00 bits per heavy atom. The highest BCUT2D eigenvalue weighted by Gasteiger charge is 2.26. The Balaban J connectivity index is 1.35. The van der Waals surface area contributed by atoms with Gasteiger partial charge in [0, 0.05) is 38.3 Å². The highest BCUT2D eigenvalue weighted by Crippen LogP contribution is 2.22. The van der Waals surface area contributed by atoms with Crippen LogP contribution in [0.2, 0.25) is 0 Å². The second kappa shape index (κ2) is 9.16. The Hall–Kier alpha value is -3.77. The monoisotopic (exact) mass is 423 g/mol. The standard InChI is InChI=1S/C26H25N5O/c32-26(30-18-16-29(17-19-30)20-21-10-4-1-5-11-21)24-27-25(22-12-6-2-7-13-22)31(28-24)23-14-8-3-9-15-23/h1-15H,16-20H2. The minimum absolute atomic E-state index is 0.115. The zero-order chi connectivity index (χ0) is 21.8. The first kappa shape index (κ1) is 20.2. The number of carbonyl (C=O) groups excluding carboxylic acids is 1. The molecule has 0 N–H and O–H groups in total. The van der Waals surface area contributed by atoms with Crippen molar-refractivity contribution in [2.75, 3.05) is 26.2 Å². The third-order valence-electron chi connectivity index (χ3n) is 5.74. The zero-order valence-electron chi connectivity index (χ0n) is 17.8. The van der Waals surface area contributed by atoms with Gasteiger partial charge in [-0.3, -0.25) is 9.69 Å². The van der Waals surface area contributed by atoms with Crippen LogP contribution >= 0.6 is 0 Å². The van der Waals surface area contributed by atoms with Crippen LogP contribution < -0.4 is 0 Å². The zero-order valence-corrected chi connectivity index (χ0v) is 17.8. The largest absolute Gasteiger partial charge is 0.333 e. The highest BCUT2D eigenvalue weighted by molar-refractivity contribution is 5.91. The van der Waals surface area contributed by atoms with E-state index >= 15 is 0 Å². The van der Waals surface area contributed by atoms with Gasteiger partial charge in [-0.25, -0.2) is 9.67 Å². The lowest BCUT2D eigenvalue weighted by Crippen LogP contribution is -2.48. The fourth-order valence-electron chi connectivity index (χ4n) is 4.02. The van der Waals surface area contributed by atoms with E-state index in [1.807, 2.05) is 71.6 Å². The van der Waals surface area contributed by atoms with Crippen LogP contribution in [-0.4, -0.2) is 56.7 Å². The molecule has 0 atom stereocenters. The molecule has 4 aromatic rings. The van der Waals surface area contributed by atoms with Crippen LogP contribution in [0, 0.1) is 0 Å². The Bertz CT molecular complexity index is 1110. The van der Waals surface area contributed by atoms with E-state index in [1.165, 1.54) is 5.56 Å². The van der Waals surface area contributed by atoms with Gasteiger partial charge in [0.1, 0.15) is 0 Å². The molecule has 3 aromatic carbocycles. The van der Waals surface area contributed by atoms with E-state index < -0.39 is 0 Å². The molecular formula is C26H25N5O. The van der Waals surface area contributed by atoms with Crippen molar-refractivity contribution in [1.82, 2.24) is 24.6 Å². The molecule has 6 heteroatoms. The molecule has 1 amide bonds.